The van der Waals surface area contributed by atoms with Crippen molar-refractivity contribution in [2.24, 2.45) is 11.8 Å². The van der Waals surface area contributed by atoms with E-state index in [1.54, 1.807) is 49.5 Å². The molecule has 4 aliphatic rings. The number of aliphatic hydroxyl groups excluding tert-OH is 8. The maximum Gasteiger partial charge on any atom is 0.306 e. The molecule has 0 amide bonds. The van der Waals surface area contributed by atoms with Crippen LogP contribution in [-0.4, -0.2) is 180 Å². The van der Waals surface area contributed by atoms with Crippen LogP contribution in [0, 0.1) is 11.8 Å². The average molecular weight is 929 g/mol. The Morgan fingerprint density at radius 3 is 1.95 bits per heavy atom. The lowest BCUT2D eigenvalue weighted by molar-refractivity contribution is -0.341. The number of cyclic esters (lactones) is 1. The molecule has 18 heteroatoms. The highest BCUT2D eigenvalue weighted by atomic mass is 16.7. The molecule has 0 spiro atoms. The van der Waals surface area contributed by atoms with Gasteiger partial charge in [-0.1, -0.05) is 81.5 Å². The van der Waals surface area contributed by atoms with Gasteiger partial charge >= 0.3 is 5.97 Å². The van der Waals surface area contributed by atoms with Crippen LogP contribution in [0.5, 0.6) is 0 Å². The minimum absolute atomic E-state index is 0.165. The Morgan fingerprint density at radius 2 is 1.34 bits per heavy atom. The number of aliphatic hydroxyl groups is 10. The summed E-state index contributed by atoms with van der Waals surface area (Å²) in [6, 6.07) is 0. The lowest BCUT2D eigenvalue weighted by Gasteiger charge is -2.49. The Balaban J connectivity index is 1.62. The zero-order chi connectivity index (χ0) is 48.2. The second-order valence-corrected chi connectivity index (χ2v) is 18.3. The number of fused-ring (bicyclic) bond motifs is 2. The first-order valence-corrected chi connectivity index (χ1v) is 22.9. The van der Waals surface area contributed by atoms with Gasteiger partial charge in [0.2, 0.25) is 0 Å². The molecule has 3 fully saturated rings. The zero-order valence-corrected chi connectivity index (χ0v) is 38.6. The molecule has 3 saturated heterocycles. The van der Waals surface area contributed by atoms with Gasteiger partial charge < -0.3 is 84.2 Å². The van der Waals surface area contributed by atoms with E-state index < -0.39 is 141 Å². The quantitative estimate of drug-likeness (QED) is 0.167. The molecule has 10 N–H and O–H groups in total. The molecule has 2 bridgehead atoms. The first-order valence-electron chi connectivity index (χ1n) is 22.9. The number of carbonyl (C=O) groups excluding carboxylic acids is 1. The van der Waals surface area contributed by atoms with Gasteiger partial charge in [-0.3, -0.25) is 4.79 Å². The largest absolute Gasteiger partial charge is 0.462 e. The van der Waals surface area contributed by atoms with Crippen molar-refractivity contribution >= 4 is 5.97 Å². The molecule has 372 valence electrons. The smallest absolute Gasteiger partial charge is 0.306 e. The summed E-state index contributed by atoms with van der Waals surface area (Å²) in [5.74, 6) is -3.47. The lowest BCUT2D eigenvalue weighted by atomic mass is 9.80. The summed E-state index contributed by atoms with van der Waals surface area (Å²) in [6.45, 7) is 10.3. The maximum atomic E-state index is 13.2. The molecule has 5 unspecified atom stereocenters. The first kappa shape index (κ1) is 55.1. The molecular weight excluding hydrogens is 852 g/mol. The number of methoxy groups -OCH3 is 1. The number of carbonyl (C=O) groups is 1. The molecule has 4 rings (SSSR count). The van der Waals surface area contributed by atoms with Crippen LogP contribution in [0.3, 0.4) is 0 Å². The topological polar surface area (TPSA) is 284 Å². The Hall–Kier alpha value is -2.47. The van der Waals surface area contributed by atoms with Crippen molar-refractivity contribution in [1.29, 1.82) is 0 Å². The third-order valence-corrected chi connectivity index (χ3v) is 13.0. The second-order valence-electron chi connectivity index (χ2n) is 18.3. The Morgan fingerprint density at radius 1 is 0.708 bits per heavy atom. The third kappa shape index (κ3) is 15.5. The Kier molecular flexibility index (Phi) is 21.4. The van der Waals surface area contributed by atoms with Crippen LogP contribution in [0.15, 0.2) is 60.8 Å². The molecule has 21 atom stereocenters. The number of esters is 1. The van der Waals surface area contributed by atoms with E-state index in [-0.39, 0.29) is 37.5 Å². The summed E-state index contributed by atoms with van der Waals surface area (Å²) in [5, 5.41) is 109. The highest BCUT2D eigenvalue weighted by Gasteiger charge is 2.54. The summed E-state index contributed by atoms with van der Waals surface area (Å²) < 4.78 is 41.7. The molecule has 0 aromatic carbocycles. The van der Waals surface area contributed by atoms with Gasteiger partial charge in [0.15, 0.2) is 18.4 Å². The van der Waals surface area contributed by atoms with E-state index in [0.29, 0.717) is 6.42 Å². The summed E-state index contributed by atoms with van der Waals surface area (Å²) in [7, 11) is 1.51. The van der Waals surface area contributed by atoms with Gasteiger partial charge in [-0.25, -0.2) is 0 Å². The summed E-state index contributed by atoms with van der Waals surface area (Å²) >= 11 is 0. The van der Waals surface area contributed by atoms with Gasteiger partial charge in [0, 0.05) is 57.5 Å². The van der Waals surface area contributed by atoms with Crippen LogP contribution < -0.4 is 0 Å². The Labute approximate surface area is 382 Å². The standard InChI is InChI=1S/C47H76O18/c1-8-35-27(3)43(64-39-23-34(51)44(59-7)29(5)60-39)26(2)17-15-13-11-9-10-12-14-16-18-31(62-45-42(56)41(55)40(54)28(4)61-45)22-37-46(6,57)36(52)25-47(58,65-37)24-30(48)21-33(50)32(49)19-20-38(53)63-35/h9-18,26-37,39-45,48-52,54-58H,8,19-25H2,1-7H3/t26?,27?,28-,29+,30+,31?,32-,33-,34-,35?,36+,37+,39+,40-,41+,42+,43?,44+,45+,46+,47-/m1/s1. The van der Waals surface area contributed by atoms with Gasteiger partial charge in [0.05, 0.1) is 61.0 Å². The number of allylic oxidation sites excluding steroid dienone is 8. The number of rotatable bonds is 6. The van der Waals surface area contributed by atoms with E-state index in [0.717, 1.165) is 0 Å². The van der Waals surface area contributed by atoms with Crippen molar-refractivity contribution < 1.29 is 89.0 Å². The Bertz CT molecular complexity index is 1590. The van der Waals surface area contributed by atoms with Crippen molar-refractivity contribution in [2.75, 3.05) is 7.11 Å². The fourth-order valence-corrected chi connectivity index (χ4v) is 8.89. The molecule has 18 nitrogen and oxygen atoms in total. The fourth-order valence-electron chi connectivity index (χ4n) is 8.89. The van der Waals surface area contributed by atoms with Crippen LogP contribution >= 0.6 is 0 Å². The van der Waals surface area contributed by atoms with Gasteiger partial charge in [-0.05, 0) is 33.6 Å². The van der Waals surface area contributed by atoms with E-state index in [9.17, 15) is 55.9 Å². The average Bonchev–Trinajstić information content (AvgIpc) is 3.23. The summed E-state index contributed by atoms with van der Waals surface area (Å²) in [5.41, 5.74) is -1.97. The minimum Gasteiger partial charge on any atom is -0.462 e. The maximum absolute atomic E-state index is 13.2. The van der Waals surface area contributed by atoms with E-state index in [2.05, 4.69) is 0 Å². The number of hydrogen-bond acceptors (Lipinski definition) is 18. The SMILES string of the molecule is CCC1OC(=O)CC[C@@H](O)[C@H](O)C[C@H](O)C[C@]2(O)C[C@H](O)[C@](C)(O)[C@H](CC(O[C@@H]3O[C@H](C)[C@@H](O)[C@H](O)[C@@H]3O)C=CC=CC=CC=CC=CC(C)C(O[C@H]3C[C@@H](O)[C@@H](OC)[C@H](C)O3)C1C)O2. The fraction of sp³-hybridized carbons (Fsp3) is 0.766. The van der Waals surface area contributed by atoms with Crippen molar-refractivity contribution in [3.63, 3.8) is 0 Å². The monoisotopic (exact) mass is 929 g/mol. The van der Waals surface area contributed by atoms with Crippen LogP contribution in [0.2, 0.25) is 0 Å². The molecule has 0 aromatic heterocycles. The van der Waals surface area contributed by atoms with E-state index in [4.69, 9.17) is 33.2 Å². The van der Waals surface area contributed by atoms with Crippen LogP contribution in [0.1, 0.15) is 92.9 Å². The zero-order valence-electron chi connectivity index (χ0n) is 38.6. The van der Waals surface area contributed by atoms with Crippen molar-refractivity contribution in [3.05, 3.63) is 60.8 Å². The van der Waals surface area contributed by atoms with Crippen LogP contribution in [0.4, 0.5) is 0 Å². The molecule has 0 radical (unpaired) electrons. The molecule has 4 aliphatic heterocycles. The third-order valence-electron chi connectivity index (χ3n) is 13.0. The highest BCUT2D eigenvalue weighted by Crippen LogP contribution is 2.40. The van der Waals surface area contributed by atoms with Gasteiger partial charge in [0.1, 0.15) is 36.1 Å². The molecule has 0 aromatic rings. The molecular formula is C47H76O18. The predicted molar refractivity (Wildman–Crippen MR) is 234 cm³/mol. The van der Waals surface area contributed by atoms with E-state index >= 15 is 0 Å². The van der Waals surface area contributed by atoms with E-state index in [1.807, 2.05) is 39.0 Å². The first-order chi connectivity index (χ1) is 30.6. The molecule has 4 heterocycles. The van der Waals surface area contributed by atoms with Crippen LogP contribution in [-0.2, 0) is 38.0 Å². The van der Waals surface area contributed by atoms with Gasteiger partial charge in [-0.15, -0.1) is 0 Å². The minimum atomic E-state index is -2.24. The molecule has 0 aliphatic carbocycles. The summed E-state index contributed by atoms with van der Waals surface area (Å²) in [6.07, 6.45) is -3.38. The molecule has 0 saturated carbocycles. The summed E-state index contributed by atoms with van der Waals surface area (Å²) in [4.78, 5) is 13.2. The predicted octanol–water partition coefficient (Wildman–Crippen LogP) is 1.11. The van der Waals surface area contributed by atoms with Gasteiger partial charge in [0.25, 0.3) is 0 Å². The van der Waals surface area contributed by atoms with Crippen molar-refractivity contribution in [2.45, 2.75) is 208 Å². The number of hydrogen-bond donors (Lipinski definition) is 10. The lowest BCUT2D eigenvalue weighted by Crippen LogP contribution is -2.63. The number of ether oxygens (including phenoxy) is 7. The van der Waals surface area contributed by atoms with Crippen LogP contribution in [0.25, 0.3) is 0 Å². The van der Waals surface area contributed by atoms with Crippen molar-refractivity contribution in [1.82, 2.24) is 0 Å². The normalized spacial score (nSPS) is 46.0. The van der Waals surface area contributed by atoms with Crippen molar-refractivity contribution in [3.8, 4) is 0 Å². The highest BCUT2D eigenvalue weighted by molar-refractivity contribution is 5.69. The second kappa shape index (κ2) is 25.2. The van der Waals surface area contributed by atoms with Gasteiger partial charge in [-0.2, -0.15) is 0 Å². The van der Waals surface area contributed by atoms with E-state index in [1.165, 1.54) is 21.0 Å². The molecule has 65 heavy (non-hydrogen) atoms.